The molecule has 2 heterocycles. The fourth-order valence-corrected chi connectivity index (χ4v) is 4.94. The van der Waals surface area contributed by atoms with Crippen LogP contribution in [-0.2, 0) is 9.59 Å². The van der Waals surface area contributed by atoms with Crippen molar-refractivity contribution in [2.24, 2.45) is 17.8 Å². The van der Waals surface area contributed by atoms with Gasteiger partial charge in [0.05, 0.1) is 0 Å². The highest BCUT2D eigenvalue weighted by Gasteiger charge is 2.33. The summed E-state index contributed by atoms with van der Waals surface area (Å²) in [5.74, 6) is 1.62. The molecule has 0 spiro atoms. The Morgan fingerprint density at radius 3 is 2.19 bits per heavy atom. The van der Waals surface area contributed by atoms with Gasteiger partial charge in [-0.2, -0.15) is 0 Å². The van der Waals surface area contributed by atoms with Crippen LogP contribution >= 0.6 is 0 Å². The normalized spacial score (nSPS) is 31.8. The average Bonchev–Trinajstić information content (AvgIpc) is 2.68. The molecule has 1 aliphatic carbocycles. The molecule has 0 aromatic heterocycles. The molecule has 6 heteroatoms. The number of Topliss-reactive ketones (excluding diaryl/α,β-unsaturated/α-hetero) is 1. The van der Waals surface area contributed by atoms with Gasteiger partial charge in [0.2, 0.25) is 5.91 Å². The van der Waals surface area contributed by atoms with Gasteiger partial charge >= 0.3 is 0 Å². The largest absolute Gasteiger partial charge is 0.342 e. The molecule has 0 aromatic rings. The molecule has 0 aromatic carbocycles. The lowest BCUT2D eigenvalue weighted by Gasteiger charge is -2.40. The van der Waals surface area contributed by atoms with E-state index in [9.17, 15) is 9.59 Å². The summed E-state index contributed by atoms with van der Waals surface area (Å²) in [4.78, 5) is 29.2. The second-order valence-corrected chi connectivity index (χ2v) is 8.46. The Kier molecular flexibility index (Phi) is 7.06. The fourth-order valence-electron chi connectivity index (χ4n) is 4.94. The van der Waals surface area contributed by atoms with Crippen LogP contribution < -0.4 is 5.43 Å². The number of hydrazine groups is 1. The number of amides is 1. The fraction of sp³-hybridized carbons (Fsp3) is 0.900. The zero-order chi connectivity index (χ0) is 18.5. The highest BCUT2D eigenvalue weighted by atomic mass is 16.2. The molecule has 3 fully saturated rings. The molecule has 1 saturated carbocycles. The quantitative estimate of drug-likeness (QED) is 0.799. The summed E-state index contributed by atoms with van der Waals surface area (Å²) < 4.78 is 0. The van der Waals surface area contributed by atoms with Crippen LogP contribution in [0.1, 0.15) is 45.4 Å². The molecule has 3 rings (SSSR count). The number of hydrogen-bond donors (Lipinski definition) is 1. The number of nitrogens with one attached hydrogen (secondary N) is 1. The number of rotatable bonds is 5. The molecular formula is C20H36N4O2. The van der Waals surface area contributed by atoms with E-state index in [1.807, 2.05) is 7.05 Å². The third kappa shape index (κ3) is 5.05. The van der Waals surface area contributed by atoms with Crippen LogP contribution in [0.5, 0.6) is 0 Å². The second-order valence-electron chi connectivity index (χ2n) is 8.46. The van der Waals surface area contributed by atoms with Gasteiger partial charge in [-0.3, -0.25) is 15.0 Å². The molecule has 1 unspecified atom stereocenters. The molecule has 0 bridgehead atoms. The lowest BCUT2D eigenvalue weighted by Crippen LogP contribution is -2.53. The average molecular weight is 365 g/mol. The van der Waals surface area contributed by atoms with E-state index in [0.717, 1.165) is 77.9 Å². The third-order valence-electron chi connectivity index (χ3n) is 6.69. The van der Waals surface area contributed by atoms with Crippen molar-refractivity contribution >= 4 is 11.7 Å². The minimum absolute atomic E-state index is 0.156. The lowest BCUT2D eigenvalue weighted by molar-refractivity contribution is -0.139. The first-order chi connectivity index (χ1) is 12.6. The van der Waals surface area contributed by atoms with E-state index in [-0.39, 0.29) is 11.8 Å². The predicted molar refractivity (Wildman–Crippen MR) is 103 cm³/mol. The Balaban J connectivity index is 1.44. The predicted octanol–water partition coefficient (Wildman–Crippen LogP) is 1.37. The lowest BCUT2D eigenvalue weighted by atomic mass is 9.79. The van der Waals surface area contributed by atoms with Gasteiger partial charge in [0.25, 0.3) is 0 Å². The van der Waals surface area contributed by atoms with E-state index >= 15 is 0 Å². The minimum Gasteiger partial charge on any atom is -0.342 e. The standard InChI is InChI=1S/C20H36N4O2/c1-16(25)18-5-7-19(8-6-18)20(26)23-9-3-4-17(15-23)14-22-10-12-24(21-2)13-11-22/h17-19,21H,3-15H2,1-2H3. The van der Waals surface area contributed by atoms with Gasteiger partial charge in [-0.25, -0.2) is 5.01 Å². The Morgan fingerprint density at radius 1 is 0.923 bits per heavy atom. The maximum Gasteiger partial charge on any atom is 0.225 e. The number of carbonyl (C=O) groups is 2. The smallest absolute Gasteiger partial charge is 0.225 e. The number of ketones is 1. The van der Waals surface area contributed by atoms with Crippen LogP contribution in [0.15, 0.2) is 0 Å². The van der Waals surface area contributed by atoms with Crippen molar-refractivity contribution in [1.82, 2.24) is 20.2 Å². The van der Waals surface area contributed by atoms with Gasteiger partial charge in [-0.1, -0.05) is 0 Å². The number of carbonyl (C=O) groups excluding carboxylic acids is 2. The SMILES string of the molecule is CNN1CCN(CC2CCCN(C(=O)C3CCC(C(C)=O)CC3)C2)CC1. The number of piperidine rings is 1. The van der Waals surface area contributed by atoms with Crippen LogP contribution in [0.3, 0.4) is 0 Å². The van der Waals surface area contributed by atoms with Crippen molar-refractivity contribution in [2.75, 3.05) is 52.9 Å². The van der Waals surface area contributed by atoms with E-state index in [1.165, 1.54) is 6.42 Å². The second kappa shape index (κ2) is 9.29. The summed E-state index contributed by atoms with van der Waals surface area (Å²) in [6.45, 7) is 9.04. The van der Waals surface area contributed by atoms with Crippen LogP contribution in [0.2, 0.25) is 0 Å². The minimum atomic E-state index is 0.156. The van der Waals surface area contributed by atoms with Gasteiger partial charge < -0.3 is 9.80 Å². The first kappa shape index (κ1) is 19.8. The Hall–Kier alpha value is -0.980. The van der Waals surface area contributed by atoms with E-state index in [2.05, 4.69) is 20.2 Å². The molecule has 26 heavy (non-hydrogen) atoms. The van der Waals surface area contributed by atoms with Gasteiger partial charge in [-0.15, -0.1) is 0 Å². The van der Waals surface area contributed by atoms with Gasteiger partial charge in [0.15, 0.2) is 0 Å². The van der Waals surface area contributed by atoms with E-state index in [4.69, 9.17) is 0 Å². The molecule has 148 valence electrons. The van der Waals surface area contributed by atoms with Gasteiger partial charge in [0, 0.05) is 57.6 Å². The maximum absolute atomic E-state index is 13.0. The summed E-state index contributed by atoms with van der Waals surface area (Å²) in [6, 6.07) is 0. The summed E-state index contributed by atoms with van der Waals surface area (Å²) in [7, 11) is 1.99. The molecule has 6 nitrogen and oxygen atoms in total. The highest BCUT2D eigenvalue weighted by molar-refractivity contribution is 5.81. The summed E-state index contributed by atoms with van der Waals surface area (Å²) in [5, 5.41) is 2.27. The number of hydrogen-bond acceptors (Lipinski definition) is 5. The van der Waals surface area contributed by atoms with Crippen molar-refractivity contribution in [3.8, 4) is 0 Å². The number of likely N-dealkylation sites (tertiary alicyclic amines) is 1. The number of nitrogens with zero attached hydrogens (tertiary/aromatic N) is 3. The summed E-state index contributed by atoms with van der Waals surface area (Å²) in [6.07, 6.45) is 5.98. The Morgan fingerprint density at radius 2 is 1.58 bits per heavy atom. The van der Waals surface area contributed by atoms with Crippen molar-refractivity contribution in [1.29, 1.82) is 0 Å². The monoisotopic (exact) mass is 364 g/mol. The molecule has 2 aliphatic heterocycles. The topological polar surface area (TPSA) is 55.9 Å². The van der Waals surface area contributed by atoms with Crippen molar-refractivity contribution < 1.29 is 9.59 Å². The van der Waals surface area contributed by atoms with Crippen molar-refractivity contribution in [3.05, 3.63) is 0 Å². The van der Waals surface area contributed by atoms with E-state index < -0.39 is 0 Å². The Labute approximate surface area is 158 Å². The van der Waals surface area contributed by atoms with Crippen molar-refractivity contribution in [3.63, 3.8) is 0 Å². The van der Waals surface area contributed by atoms with Crippen LogP contribution in [0, 0.1) is 17.8 Å². The third-order valence-corrected chi connectivity index (χ3v) is 6.69. The summed E-state index contributed by atoms with van der Waals surface area (Å²) >= 11 is 0. The summed E-state index contributed by atoms with van der Waals surface area (Å²) in [5.41, 5.74) is 3.23. The van der Waals surface area contributed by atoms with Gasteiger partial charge in [0.1, 0.15) is 5.78 Å². The van der Waals surface area contributed by atoms with E-state index in [0.29, 0.717) is 17.6 Å². The first-order valence-electron chi connectivity index (χ1n) is 10.5. The zero-order valence-electron chi connectivity index (χ0n) is 16.6. The first-order valence-corrected chi connectivity index (χ1v) is 10.5. The molecular weight excluding hydrogens is 328 g/mol. The van der Waals surface area contributed by atoms with Crippen LogP contribution in [-0.4, -0.2) is 79.4 Å². The van der Waals surface area contributed by atoms with Gasteiger partial charge in [-0.05, 0) is 58.4 Å². The molecule has 1 N–H and O–H groups in total. The highest BCUT2D eigenvalue weighted by Crippen LogP contribution is 2.31. The molecule has 3 aliphatic rings. The molecule has 0 radical (unpaired) electrons. The Bertz CT molecular complexity index is 482. The maximum atomic E-state index is 13.0. The van der Waals surface area contributed by atoms with E-state index in [1.54, 1.807) is 6.92 Å². The van der Waals surface area contributed by atoms with Crippen LogP contribution in [0.4, 0.5) is 0 Å². The molecule has 1 amide bonds. The molecule has 2 saturated heterocycles. The van der Waals surface area contributed by atoms with Crippen LogP contribution in [0.25, 0.3) is 0 Å². The number of piperazine rings is 1. The zero-order valence-corrected chi connectivity index (χ0v) is 16.6. The molecule has 1 atom stereocenters. The van der Waals surface area contributed by atoms with Crippen molar-refractivity contribution in [2.45, 2.75) is 45.4 Å².